The molecule has 0 aliphatic rings. The first-order chi connectivity index (χ1) is 10.9. The van der Waals surface area contributed by atoms with Crippen molar-refractivity contribution in [2.75, 3.05) is 5.73 Å². The first-order valence-electron chi connectivity index (χ1n) is 7.11. The maximum atomic E-state index is 12.5. The number of anilines is 1. The normalized spacial score (nSPS) is 12.3. The minimum atomic E-state index is -4.33. The van der Waals surface area contributed by atoms with E-state index in [9.17, 15) is 13.2 Å². The van der Waals surface area contributed by atoms with Gasteiger partial charge in [0, 0.05) is 5.69 Å². The molecule has 23 heavy (non-hydrogen) atoms. The van der Waals surface area contributed by atoms with Crippen LogP contribution in [0.3, 0.4) is 0 Å². The third kappa shape index (κ3) is 4.74. The topological polar surface area (TPSA) is 47.6 Å². The van der Waals surface area contributed by atoms with Crippen molar-refractivity contribution in [1.82, 2.24) is 0 Å². The molecule has 3 nitrogen and oxygen atoms in total. The van der Waals surface area contributed by atoms with Crippen LogP contribution < -0.4 is 5.73 Å². The number of hydrogen-bond acceptors (Lipinski definition) is 3. The Kier molecular flexibility index (Phi) is 5.26. The van der Waals surface area contributed by atoms with Crippen LogP contribution >= 0.6 is 0 Å². The van der Waals surface area contributed by atoms with E-state index in [1.165, 1.54) is 12.1 Å². The molecule has 0 atom stereocenters. The molecule has 0 heterocycles. The lowest BCUT2D eigenvalue weighted by atomic mass is 10.1. The fraction of sp³-hybridized carbons (Fsp3) is 0.235. The highest BCUT2D eigenvalue weighted by Gasteiger charge is 2.29. The van der Waals surface area contributed by atoms with Crippen molar-refractivity contribution in [3.05, 3.63) is 65.2 Å². The van der Waals surface area contributed by atoms with Crippen LogP contribution in [-0.2, 0) is 17.6 Å². The number of rotatable bonds is 5. The van der Waals surface area contributed by atoms with E-state index in [4.69, 9.17) is 10.6 Å². The van der Waals surface area contributed by atoms with Crippen molar-refractivity contribution in [1.29, 1.82) is 0 Å². The van der Waals surface area contributed by atoms with Gasteiger partial charge in [-0.25, -0.2) is 0 Å². The molecule has 2 aromatic rings. The second-order valence-corrected chi connectivity index (χ2v) is 4.98. The quantitative estimate of drug-likeness (QED) is 0.496. The van der Waals surface area contributed by atoms with Gasteiger partial charge in [-0.1, -0.05) is 36.3 Å². The average Bonchev–Trinajstić information content (AvgIpc) is 2.52. The van der Waals surface area contributed by atoms with Crippen molar-refractivity contribution < 1.29 is 18.0 Å². The largest absolute Gasteiger partial charge is 0.416 e. The fourth-order valence-electron chi connectivity index (χ4n) is 1.97. The highest BCUT2D eigenvalue weighted by Crippen LogP contribution is 2.29. The molecule has 0 saturated carbocycles. The molecule has 2 N–H and O–H groups in total. The van der Waals surface area contributed by atoms with E-state index in [-0.39, 0.29) is 6.61 Å². The van der Waals surface area contributed by atoms with Crippen molar-refractivity contribution in [3.63, 3.8) is 0 Å². The summed E-state index contributed by atoms with van der Waals surface area (Å²) in [5, 5.41) is 4.06. The van der Waals surface area contributed by atoms with Gasteiger partial charge in [0.15, 0.2) is 0 Å². The summed E-state index contributed by atoms with van der Waals surface area (Å²) in [6.45, 7) is 2.05. The molecule has 0 amide bonds. The number of benzene rings is 2. The summed E-state index contributed by atoms with van der Waals surface area (Å²) >= 11 is 0. The second kappa shape index (κ2) is 7.17. The van der Waals surface area contributed by atoms with Crippen LogP contribution in [0.25, 0.3) is 0 Å². The lowest BCUT2D eigenvalue weighted by Crippen LogP contribution is -2.04. The maximum absolute atomic E-state index is 12.5. The van der Waals surface area contributed by atoms with Gasteiger partial charge in [0.2, 0.25) is 0 Å². The lowest BCUT2D eigenvalue weighted by molar-refractivity contribution is -0.137. The van der Waals surface area contributed by atoms with Gasteiger partial charge < -0.3 is 10.6 Å². The van der Waals surface area contributed by atoms with Crippen LogP contribution in [0.1, 0.15) is 30.0 Å². The average molecular weight is 322 g/mol. The minimum Gasteiger partial charge on any atom is -0.399 e. The number of oxime groups is 1. The Hall–Kier alpha value is -2.50. The third-order valence-corrected chi connectivity index (χ3v) is 3.27. The molecule has 2 aromatic carbocycles. The summed E-state index contributed by atoms with van der Waals surface area (Å²) in [5.41, 5.74) is 7.88. The predicted molar refractivity (Wildman–Crippen MR) is 83.9 cm³/mol. The highest BCUT2D eigenvalue weighted by atomic mass is 19.4. The summed E-state index contributed by atoms with van der Waals surface area (Å²) in [7, 11) is 0. The van der Waals surface area contributed by atoms with E-state index in [1.54, 1.807) is 12.1 Å². The standard InChI is InChI=1S/C17H17F3N2O/c1-2-16(13-5-9-15(21)10-6-13)22-23-11-12-3-7-14(8-4-12)17(18,19)20/h3-10H,2,11,21H2,1H3/b22-16+. The van der Waals surface area contributed by atoms with E-state index in [0.29, 0.717) is 17.7 Å². The van der Waals surface area contributed by atoms with E-state index in [2.05, 4.69) is 5.16 Å². The van der Waals surface area contributed by atoms with Crippen LogP contribution in [0.5, 0.6) is 0 Å². The Balaban J connectivity index is 2.00. The summed E-state index contributed by atoms with van der Waals surface area (Å²) in [5.74, 6) is 0. The summed E-state index contributed by atoms with van der Waals surface area (Å²) in [6, 6.07) is 12.1. The minimum absolute atomic E-state index is 0.108. The SMILES string of the molecule is CC/C(=N\OCc1ccc(C(F)(F)F)cc1)c1ccc(N)cc1. The molecule has 0 bridgehead atoms. The van der Waals surface area contributed by atoms with Crippen LogP contribution in [0.15, 0.2) is 53.7 Å². The van der Waals surface area contributed by atoms with Gasteiger partial charge in [-0.15, -0.1) is 0 Å². The predicted octanol–water partition coefficient (Wildman–Crippen LogP) is 4.62. The van der Waals surface area contributed by atoms with Gasteiger partial charge in [-0.3, -0.25) is 0 Å². The number of halogens is 3. The van der Waals surface area contributed by atoms with Gasteiger partial charge >= 0.3 is 6.18 Å². The second-order valence-electron chi connectivity index (χ2n) is 4.98. The Bertz CT molecular complexity index is 662. The molecule has 0 spiro atoms. The zero-order chi connectivity index (χ0) is 16.9. The van der Waals surface area contributed by atoms with Gasteiger partial charge in [-0.05, 0) is 41.8 Å². The van der Waals surface area contributed by atoms with Gasteiger partial charge in [0.05, 0.1) is 11.3 Å². The molecular formula is C17H17F3N2O. The molecule has 0 unspecified atom stereocenters. The molecule has 122 valence electrons. The number of nitrogens with two attached hydrogens (primary N) is 1. The Morgan fingerprint density at radius 3 is 2.17 bits per heavy atom. The summed E-state index contributed by atoms with van der Waals surface area (Å²) in [4.78, 5) is 5.26. The third-order valence-electron chi connectivity index (χ3n) is 3.27. The van der Waals surface area contributed by atoms with Crippen LogP contribution in [0.4, 0.5) is 18.9 Å². The first kappa shape index (κ1) is 16.9. The van der Waals surface area contributed by atoms with Gasteiger partial charge in [0.1, 0.15) is 6.61 Å². The van der Waals surface area contributed by atoms with Crippen molar-refractivity contribution >= 4 is 11.4 Å². The summed E-state index contributed by atoms with van der Waals surface area (Å²) < 4.78 is 37.4. The van der Waals surface area contributed by atoms with E-state index < -0.39 is 11.7 Å². The van der Waals surface area contributed by atoms with Gasteiger partial charge in [0.25, 0.3) is 0 Å². The maximum Gasteiger partial charge on any atom is 0.416 e. The number of nitrogen functional groups attached to an aromatic ring is 1. The zero-order valence-corrected chi connectivity index (χ0v) is 12.6. The summed E-state index contributed by atoms with van der Waals surface area (Å²) in [6.07, 6.45) is -3.67. The van der Waals surface area contributed by atoms with E-state index in [1.807, 2.05) is 19.1 Å². The van der Waals surface area contributed by atoms with E-state index in [0.717, 1.165) is 23.4 Å². The Morgan fingerprint density at radius 1 is 1.04 bits per heavy atom. The van der Waals surface area contributed by atoms with Crippen molar-refractivity contribution in [3.8, 4) is 0 Å². The first-order valence-corrected chi connectivity index (χ1v) is 7.11. The monoisotopic (exact) mass is 322 g/mol. The Morgan fingerprint density at radius 2 is 1.65 bits per heavy atom. The van der Waals surface area contributed by atoms with Crippen LogP contribution in [-0.4, -0.2) is 5.71 Å². The smallest absolute Gasteiger partial charge is 0.399 e. The molecule has 6 heteroatoms. The number of alkyl halides is 3. The van der Waals surface area contributed by atoms with E-state index >= 15 is 0 Å². The zero-order valence-electron chi connectivity index (χ0n) is 12.6. The van der Waals surface area contributed by atoms with Gasteiger partial charge in [-0.2, -0.15) is 13.2 Å². The molecule has 0 aliphatic carbocycles. The van der Waals surface area contributed by atoms with Crippen molar-refractivity contribution in [2.24, 2.45) is 5.16 Å². The molecule has 0 fully saturated rings. The molecular weight excluding hydrogens is 305 g/mol. The molecule has 0 saturated heterocycles. The fourth-order valence-corrected chi connectivity index (χ4v) is 1.97. The molecule has 0 aromatic heterocycles. The molecule has 0 radical (unpaired) electrons. The molecule has 0 aliphatic heterocycles. The molecule has 2 rings (SSSR count). The number of nitrogens with zero attached hydrogens (tertiary/aromatic N) is 1. The lowest BCUT2D eigenvalue weighted by Gasteiger charge is -2.08. The van der Waals surface area contributed by atoms with Crippen molar-refractivity contribution in [2.45, 2.75) is 26.1 Å². The number of hydrogen-bond donors (Lipinski definition) is 1. The highest BCUT2D eigenvalue weighted by molar-refractivity contribution is 6.00. The van der Waals surface area contributed by atoms with Crippen LogP contribution in [0.2, 0.25) is 0 Å². The van der Waals surface area contributed by atoms with Crippen LogP contribution in [0, 0.1) is 0 Å². The Labute approximate surface area is 132 Å².